The van der Waals surface area contributed by atoms with Gasteiger partial charge >= 0.3 is 0 Å². The van der Waals surface area contributed by atoms with Crippen LogP contribution in [-0.2, 0) is 18.4 Å². The molecule has 1 atom stereocenters. The average Bonchev–Trinajstić information content (AvgIpc) is 2.91. The van der Waals surface area contributed by atoms with Crippen LogP contribution in [0.4, 0.5) is 0 Å². The molecule has 0 spiro atoms. The Kier molecular flexibility index (Phi) is 5.57. The molecule has 0 saturated heterocycles. The summed E-state index contributed by atoms with van der Waals surface area (Å²) >= 11 is 6.01. The van der Waals surface area contributed by atoms with E-state index < -0.39 is 6.04 Å². The number of hydrogen-bond donors (Lipinski definition) is 1. The van der Waals surface area contributed by atoms with Crippen molar-refractivity contribution in [1.82, 2.24) is 20.0 Å². The molecule has 0 aliphatic carbocycles. The normalized spacial score (nSPS) is 12.2. The van der Waals surface area contributed by atoms with Crippen molar-refractivity contribution in [2.75, 3.05) is 13.6 Å². The molecule has 0 aliphatic rings. The first-order chi connectivity index (χ1) is 10.5. The minimum Gasteiger partial charge on any atom is -0.337 e. The average molecular weight is 321 g/mol. The number of carbonyl (C=O) groups excluding carboxylic acids is 1. The van der Waals surface area contributed by atoms with E-state index in [2.05, 4.69) is 10.4 Å². The summed E-state index contributed by atoms with van der Waals surface area (Å²) in [5.74, 6) is 0.0259. The number of hydrogen-bond acceptors (Lipinski definition) is 3. The van der Waals surface area contributed by atoms with E-state index in [0.29, 0.717) is 18.1 Å². The predicted molar refractivity (Wildman–Crippen MR) is 87.6 cm³/mol. The van der Waals surface area contributed by atoms with Crippen LogP contribution < -0.4 is 5.32 Å². The molecule has 0 radical (unpaired) electrons. The molecule has 1 N–H and O–H groups in total. The van der Waals surface area contributed by atoms with E-state index in [4.69, 9.17) is 11.6 Å². The maximum Gasteiger partial charge on any atom is 0.244 e. The van der Waals surface area contributed by atoms with E-state index in [1.165, 1.54) is 0 Å². The second-order valence-corrected chi connectivity index (χ2v) is 5.59. The number of likely N-dealkylation sites (N-methyl/N-ethyl adjacent to an activating group) is 2. The first-order valence-corrected chi connectivity index (χ1v) is 7.62. The SMILES string of the molecule is CCN(Cc1cccc(Cl)c1)C(=O)C(NC)c1cnn(C)c1. The van der Waals surface area contributed by atoms with Crippen LogP contribution in [0.25, 0.3) is 0 Å². The Balaban J connectivity index is 2.16. The second-order valence-electron chi connectivity index (χ2n) is 5.15. The third-order valence-electron chi connectivity index (χ3n) is 3.55. The Morgan fingerprint density at radius 3 is 2.82 bits per heavy atom. The molecule has 0 saturated carbocycles. The maximum absolute atomic E-state index is 12.8. The number of nitrogens with zero attached hydrogens (tertiary/aromatic N) is 3. The summed E-state index contributed by atoms with van der Waals surface area (Å²) in [5, 5.41) is 7.89. The van der Waals surface area contributed by atoms with Crippen LogP contribution >= 0.6 is 11.6 Å². The summed E-state index contributed by atoms with van der Waals surface area (Å²) in [6, 6.07) is 7.19. The predicted octanol–water partition coefficient (Wildman–Crippen LogP) is 2.38. The van der Waals surface area contributed by atoms with E-state index in [1.807, 2.05) is 44.4 Å². The van der Waals surface area contributed by atoms with Crippen molar-refractivity contribution in [3.05, 3.63) is 52.8 Å². The van der Waals surface area contributed by atoms with Gasteiger partial charge in [-0.1, -0.05) is 23.7 Å². The summed E-state index contributed by atoms with van der Waals surface area (Å²) in [6.45, 7) is 3.14. The summed E-state index contributed by atoms with van der Waals surface area (Å²) in [5.41, 5.74) is 1.88. The number of benzene rings is 1. The largest absolute Gasteiger partial charge is 0.337 e. The standard InChI is InChI=1S/C16H21ClN4O/c1-4-21(10-12-6-5-7-14(17)8-12)16(22)15(18-2)13-9-19-20(3)11-13/h5-9,11,15,18H,4,10H2,1-3H3. The van der Waals surface area contributed by atoms with Crippen LogP contribution in [0.1, 0.15) is 24.1 Å². The van der Waals surface area contributed by atoms with Crippen LogP contribution in [0.2, 0.25) is 5.02 Å². The van der Waals surface area contributed by atoms with Gasteiger partial charge in [0.15, 0.2) is 0 Å². The Labute approximate surface area is 135 Å². The lowest BCUT2D eigenvalue weighted by molar-refractivity contribution is -0.133. The van der Waals surface area contributed by atoms with Gasteiger partial charge in [0.2, 0.25) is 5.91 Å². The summed E-state index contributed by atoms with van der Waals surface area (Å²) in [4.78, 5) is 14.6. The summed E-state index contributed by atoms with van der Waals surface area (Å²) in [7, 11) is 3.62. The highest BCUT2D eigenvalue weighted by Gasteiger charge is 2.24. The van der Waals surface area contributed by atoms with Crippen molar-refractivity contribution in [3.8, 4) is 0 Å². The van der Waals surface area contributed by atoms with E-state index >= 15 is 0 Å². The molecule has 2 rings (SSSR count). The van der Waals surface area contributed by atoms with Gasteiger partial charge in [-0.05, 0) is 31.7 Å². The van der Waals surface area contributed by atoms with Crippen LogP contribution in [0.15, 0.2) is 36.7 Å². The number of aryl methyl sites for hydroxylation is 1. The monoisotopic (exact) mass is 320 g/mol. The summed E-state index contributed by atoms with van der Waals surface area (Å²) in [6.07, 6.45) is 3.57. The van der Waals surface area contributed by atoms with Gasteiger partial charge < -0.3 is 10.2 Å². The molecule has 1 heterocycles. The molecule has 2 aromatic rings. The lowest BCUT2D eigenvalue weighted by Crippen LogP contribution is -2.39. The van der Waals surface area contributed by atoms with Crippen molar-refractivity contribution in [2.24, 2.45) is 7.05 Å². The van der Waals surface area contributed by atoms with Gasteiger partial charge in [0.05, 0.1) is 6.20 Å². The Morgan fingerprint density at radius 1 is 1.50 bits per heavy atom. The number of carbonyl (C=O) groups is 1. The number of nitrogens with one attached hydrogen (secondary N) is 1. The minimum absolute atomic E-state index is 0.0259. The molecule has 118 valence electrons. The maximum atomic E-state index is 12.8. The van der Waals surface area contributed by atoms with Crippen molar-refractivity contribution < 1.29 is 4.79 Å². The zero-order chi connectivity index (χ0) is 16.1. The van der Waals surface area contributed by atoms with Crippen LogP contribution in [0.5, 0.6) is 0 Å². The van der Waals surface area contributed by atoms with Gasteiger partial charge in [-0.3, -0.25) is 9.48 Å². The Morgan fingerprint density at radius 2 is 2.27 bits per heavy atom. The number of aromatic nitrogens is 2. The van der Waals surface area contributed by atoms with Gasteiger partial charge in [0, 0.05) is 36.9 Å². The van der Waals surface area contributed by atoms with E-state index in [9.17, 15) is 4.79 Å². The highest BCUT2D eigenvalue weighted by atomic mass is 35.5. The first kappa shape index (κ1) is 16.5. The number of amides is 1. The molecule has 1 unspecified atom stereocenters. The fraction of sp³-hybridized carbons (Fsp3) is 0.375. The zero-order valence-corrected chi connectivity index (χ0v) is 13.8. The van der Waals surface area contributed by atoms with Gasteiger partial charge in [-0.25, -0.2) is 0 Å². The zero-order valence-electron chi connectivity index (χ0n) is 13.1. The van der Waals surface area contributed by atoms with Crippen molar-refractivity contribution >= 4 is 17.5 Å². The van der Waals surface area contributed by atoms with Crippen LogP contribution in [0.3, 0.4) is 0 Å². The summed E-state index contributed by atoms with van der Waals surface area (Å²) < 4.78 is 1.69. The van der Waals surface area contributed by atoms with Crippen molar-refractivity contribution in [3.63, 3.8) is 0 Å². The van der Waals surface area contributed by atoms with Gasteiger partial charge in [0.25, 0.3) is 0 Å². The lowest BCUT2D eigenvalue weighted by Gasteiger charge is -2.26. The molecule has 1 aromatic heterocycles. The molecule has 6 heteroatoms. The first-order valence-electron chi connectivity index (χ1n) is 7.24. The molecule has 1 aromatic carbocycles. The van der Waals surface area contributed by atoms with E-state index in [0.717, 1.165) is 11.1 Å². The molecule has 0 fully saturated rings. The Bertz CT molecular complexity index is 641. The molecule has 0 bridgehead atoms. The quantitative estimate of drug-likeness (QED) is 0.889. The topological polar surface area (TPSA) is 50.2 Å². The van der Waals surface area contributed by atoms with Crippen LogP contribution in [-0.4, -0.2) is 34.2 Å². The second kappa shape index (κ2) is 7.42. The van der Waals surface area contributed by atoms with E-state index in [-0.39, 0.29) is 5.91 Å². The molecule has 22 heavy (non-hydrogen) atoms. The molecule has 1 amide bonds. The van der Waals surface area contributed by atoms with Gasteiger partial charge in [-0.2, -0.15) is 5.10 Å². The van der Waals surface area contributed by atoms with E-state index in [1.54, 1.807) is 22.8 Å². The van der Waals surface area contributed by atoms with Crippen molar-refractivity contribution in [1.29, 1.82) is 0 Å². The smallest absolute Gasteiger partial charge is 0.244 e. The fourth-order valence-corrected chi connectivity index (χ4v) is 2.62. The fourth-order valence-electron chi connectivity index (χ4n) is 2.41. The molecule has 5 nitrogen and oxygen atoms in total. The number of rotatable bonds is 6. The molecule has 0 aliphatic heterocycles. The highest BCUT2D eigenvalue weighted by molar-refractivity contribution is 6.30. The van der Waals surface area contributed by atoms with Crippen molar-refractivity contribution in [2.45, 2.75) is 19.5 Å². The third kappa shape index (κ3) is 3.87. The number of halogens is 1. The van der Waals surface area contributed by atoms with Crippen LogP contribution in [0, 0.1) is 0 Å². The van der Waals surface area contributed by atoms with Gasteiger partial charge in [0.1, 0.15) is 6.04 Å². The Hall–Kier alpha value is -1.85. The van der Waals surface area contributed by atoms with Gasteiger partial charge in [-0.15, -0.1) is 0 Å². The minimum atomic E-state index is -0.396. The molecular weight excluding hydrogens is 300 g/mol. The lowest BCUT2D eigenvalue weighted by atomic mass is 10.1. The highest BCUT2D eigenvalue weighted by Crippen LogP contribution is 2.18. The molecular formula is C16H21ClN4O. The third-order valence-corrected chi connectivity index (χ3v) is 3.78.